The number of hydrogen-bond donors (Lipinski definition) is 3. The maximum Gasteiger partial charge on any atom is 0.233 e. The van der Waals surface area contributed by atoms with Crippen molar-refractivity contribution in [2.24, 2.45) is 5.92 Å². The van der Waals surface area contributed by atoms with Gasteiger partial charge in [-0.05, 0) is 55.8 Å². The van der Waals surface area contributed by atoms with E-state index < -0.39 is 5.82 Å². The van der Waals surface area contributed by atoms with Crippen LogP contribution in [0.3, 0.4) is 0 Å². The van der Waals surface area contributed by atoms with Gasteiger partial charge in [0.2, 0.25) is 17.8 Å². The monoisotopic (exact) mass is 519 g/mol. The second-order valence-electron chi connectivity index (χ2n) is 10.3. The Labute approximate surface area is 224 Å². The van der Waals surface area contributed by atoms with E-state index in [4.69, 9.17) is 4.74 Å². The lowest BCUT2D eigenvalue weighted by Crippen LogP contribution is -2.34. The Morgan fingerprint density at radius 3 is 2.34 bits per heavy atom. The molecule has 202 valence electrons. The molecule has 9 heteroatoms. The molecule has 3 aromatic rings. The molecule has 8 nitrogen and oxygen atoms in total. The smallest absolute Gasteiger partial charge is 0.233 e. The molecule has 1 aliphatic heterocycles. The molecule has 0 radical (unpaired) electrons. The average Bonchev–Trinajstić information content (AvgIpc) is 3.39. The van der Waals surface area contributed by atoms with E-state index in [2.05, 4.69) is 66.1 Å². The van der Waals surface area contributed by atoms with E-state index in [1.165, 1.54) is 57.3 Å². The number of benzene rings is 2. The van der Waals surface area contributed by atoms with E-state index in [1.54, 1.807) is 12.1 Å². The summed E-state index contributed by atoms with van der Waals surface area (Å²) in [6, 6.07) is 15.7. The van der Waals surface area contributed by atoms with Gasteiger partial charge >= 0.3 is 0 Å². The van der Waals surface area contributed by atoms with E-state index in [9.17, 15) is 4.39 Å². The van der Waals surface area contributed by atoms with Gasteiger partial charge in [0, 0.05) is 37.4 Å². The Kier molecular flexibility index (Phi) is 8.86. The summed E-state index contributed by atoms with van der Waals surface area (Å²) >= 11 is 0. The lowest BCUT2D eigenvalue weighted by Gasteiger charge is -2.25. The van der Waals surface area contributed by atoms with Gasteiger partial charge in [0.25, 0.3) is 0 Å². The number of ether oxygens (including phenoxy) is 1. The molecule has 0 spiro atoms. The minimum absolute atomic E-state index is 0.194. The van der Waals surface area contributed by atoms with Crippen molar-refractivity contribution in [1.82, 2.24) is 19.9 Å². The SMILES string of the molecule is COc1ccc(Nc2nc(NCC3CCCCC3)nc(NCC3CCCN3Cc3ccccc3)n2)cc1F. The number of halogens is 1. The van der Waals surface area contributed by atoms with Crippen LogP contribution in [0.15, 0.2) is 48.5 Å². The fraction of sp³-hybridized carbons (Fsp3) is 0.483. The summed E-state index contributed by atoms with van der Waals surface area (Å²) in [7, 11) is 1.45. The van der Waals surface area contributed by atoms with Crippen LogP contribution < -0.4 is 20.7 Å². The Morgan fingerprint density at radius 2 is 1.61 bits per heavy atom. The highest BCUT2D eigenvalue weighted by Gasteiger charge is 2.25. The predicted molar refractivity (Wildman–Crippen MR) is 149 cm³/mol. The van der Waals surface area contributed by atoms with Gasteiger partial charge in [-0.1, -0.05) is 49.6 Å². The molecule has 0 bridgehead atoms. The van der Waals surface area contributed by atoms with Crippen LogP contribution in [0.25, 0.3) is 0 Å². The number of aromatic nitrogens is 3. The zero-order valence-electron chi connectivity index (χ0n) is 22.1. The van der Waals surface area contributed by atoms with Gasteiger partial charge in [-0.15, -0.1) is 0 Å². The summed E-state index contributed by atoms with van der Waals surface area (Å²) in [4.78, 5) is 16.4. The molecule has 1 aromatic heterocycles. The van der Waals surface area contributed by atoms with Gasteiger partial charge < -0.3 is 20.7 Å². The summed E-state index contributed by atoms with van der Waals surface area (Å²) in [6.45, 7) is 3.61. The molecule has 2 heterocycles. The maximum atomic E-state index is 14.3. The third kappa shape index (κ3) is 7.10. The van der Waals surface area contributed by atoms with Crippen LogP contribution in [0.5, 0.6) is 5.75 Å². The molecule has 1 atom stereocenters. The van der Waals surface area contributed by atoms with E-state index in [1.807, 2.05) is 0 Å². The molecule has 1 saturated heterocycles. The molecule has 2 aliphatic rings. The van der Waals surface area contributed by atoms with Crippen molar-refractivity contribution in [3.05, 3.63) is 59.9 Å². The lowest BCUT2D eigenvalue weighted by molar-refractivity contribution is 0.254. The first-order valence-electron chi connectivity index (χ1n) is 13.8. The minimum Gasteiger partial charge on any atom is -0.494 e. The fourth-order valence-corrected chi connectivity index (χ4v) is 5.45. The van der Waals surface area contributed by atoms with Crippen molar-refractivity contribution in [3.8, 4) is 5.75 Å². The Morgan fingerprint density at radius 1 is 0.868 bits per heavy atom. The third-order valence-electron chi connectivity index (χ3n) is 7.54. The summed E-state index contributed by atoms with van der Waals surface area (Å²) in [5.41, 5.74) is 1.87. The van der Waals surface area contributed by atoms with Gasteiger partial charge in [0.05, 0.1) is 7.11 Å². The second-order valence-corrected chi connectivity index (χ2v) is 10.3. The van der Waals surface area contributed by atoms with Gasteiger partial charge in [0.15, 0.2) is 11.6 Å². The molecule has 2 fully saturated rings. The molecule has 38 heavy (non-hydrogen) atoms. The highest BCUT2D eigenvalue weighted by Crippen LogP contribution is 2.26. The Hall–Kier alpha value is -3.46. The highest BCUT2D eigenvalue weighted by molar-refractivity contribution is 5.57. The summed E-state index contributed by atoms with van der Waals surface area (Å²) in [6.07, 6.45) is 8.68. The summed E-state index contributed by atoms with van der Waals surface area (Å²) in [5.74, 6) is 1.78. The second kappa shape index (κ2) is 12.9. The van der Waals surface area contributed by atoms with E-state index in [0.717, 1.165) is 32.6 Å². The minimum atomic E-state index is -0.444. The normalized spacial score (nSPS) is 18.3. The molecule has 1 aliphatic carbocycles. The number of rotatable bonds is 11. The molecular weight excluding hydrogens is 481 g/mol. The zero-order valence-corrected chi connectivity index (χ0v) is 22.1. The molecule has 1 saturated carbocycles. The number of hydrogen-bond acceptors (Lipinski definition) is 8. The van der Waals surface area contributed by atoms with Gasteiger partial charge in [-0.25, -0.2) is 4.39 Å². The number of nitrogens with zero attached hydrogens (tertiary/aromatic N) is 4. The standard InChI is InChI=1S/C29H38FN7O/c1-38-26-15-14-23(17-25(26)30)33-29-35-27(31-18-21-9-4-2-5-10-21)34-28(36-29)32-19-24-13-8-16-37(24)20-22-11-6-3-7-12-22/h3,6-7,11-12,14-15,17,21,24H,2,4-5,8-10,13,16,18-20H2,1H3,(H3,31,32,33,34,35,36). The average molecular weight is 520 g/mol. The first kappa shape index (κ1) is 26.2. The van der Waals surface area contributed by atoms with Crippen molar-refractivity contribution in [3.63, 3.8) is 0 Å². The molecule has 2 aromatic carbocycles. The molecule has 1 unspecified atom stereocenters. The zero-order chi connectivity index (χ0) is 26.2. The third-order valence-corrected chi connectivity index (χ3v) is 7.54. The van der Waals surface area contributed by atoms with Gasteiger partial charge in [-0.3, -0.25) is 4.90 Å². The van der Waals surface area contributed by atoms with Crippen LogP contribution in [0, 0.1) is 11.7 Å². The number of methoxy groups -OCH3 is 1. The number of nitrogens with one attached hydrogen (secondary N) is 3. The fourth-order valence-electron chi connectivity index (χ4n) is 5.45. The first-order valence-corrected chi connectivity index (χ1v) is 13.8. The van der Waals surface area contributed by atoms with Crippen LogP contribution in [-0.2, 0) is 6.54 Å². The quantitative estimate of drug-likeness (QED) is 0.292. The van der Waals surface area contributed by atoms with Crippen molar-refractivity contribution in [1.29, 1.82) is 0 Å². The van der Waals surface area contributed by atoms with E-state index >= 15 is 0 Å². The summed E-state index contributed by atoms with van der Waals surface area (Å²) in [5, 5.41) is 10.0. The van der Waals surface area contributed by atoms with E-state index in [-0.39, 0.29) is 5.75 Å². The number of likely N-dealkylation sites (tertiary alicyclic amines) is 1. The molecular formula is C29H38FN7O. The number of anilines is 4. The van der Waals surface area contributed by atoms with Crippen molar-refractivity contribution in [2.45, 2.75) is 57.5 Å². The molecule has 5 rings (SSSR count). The van der Waals surface area contributed by atoms with Gasteiger partial charge in [-0.2, -0.15) is 15.0 Å². The van der Waals surface area contributed by atoms with Crippen molar-refractivity contribution < 1.29 is 9.13 Å². The summed E-state index contributed by atoms with van der Waals surface area (Å²) < 4.78 is 19.3. The Balaban J connectivity index is 1.28. The predicted octanol–water partition coefficient (Wildman–Crippen LogP) is 5.83. The topological polar surface area (TPSA) is 87.2 Å². The molecule has 0 amide bonds. The van der Waals surface area contributed by atoms with Crippen molar-refractivity contribution in [2.75, 3.05) is 42.7 Å². The van der Waals surface area contributed by atoms with E-state index in [0.29, 0.717) is 35.5 Å². The maximum absolute atomic E-state index is 14.3. The Bertz CT molecular complexity index is 1170. The van der Waals surface area contributed by atoms with Crippen LogP contribution in [0.1, 0.15) is 50.5 Å². The largest absolute Gasteiger partial charge is 0.494 e. The lowest BCUT2D eigenvalue weighted by atomic mass is 9.89. The highest BCUT2D eigenvalue weighted by atomic mass is 19.1. The van der Waals surface area contributed by atoms with Crippen LogP contribution in [-0.4, -0.2) is 52.6 Å². The van der Waals surface area contributed by atoms with Gasteiger partial charge in [0.1, 0.15) is 0 Å². The molecule has 3 N–H and O–H groups in total. The van der Waals surface area contributed by atoms with Crippen molar-refractivity contribution >= 4 is 23.5 Å². The van der Waals surface area contributed by atoms with Crippen LogP contribution >= 0.6 is 0 Å². The van der Waals surface area contributed by atoms with Crippen LogP contribution in [0.2, 0.25) is 0 Å². The first-order chi connectivity index (χ1) is 18.7. The van der Waals surface area contributed by atoms with Crippen LogP contribution in [0.4, 0.5) is 27.9 Å².